The number of urea groups is 1. The van der Waals surface area contributed by atoms with E-state index in [4.69, 9.17) is 0 Å². The molecule has 0 unspecified atom stereocenters. The summed E-state index contributed by atoms with van der Waals surface area (Å²) in [5.74, 6) is 0.0506. The lowest BCUT2D eigenvalue weighted by molar-refractivity contribution is -0.130. The van der Waals surface area contributed by atoms with E-state index in [2.05, 4.69) is 20.9 Å². The molecule has 1 aliphatic carbocycles. The summed E-state index contributed by atoms with van der Waals surface area (Å²) in [5.41, 5.74) is 2.21. The van der Waals surface area contributed by atoms with Gasteiger partial charge in [0.15, 0.2) is 0 Å². The third kappa shape index (κ3) is 3.63. The highest BCUT2D eigenvalue weighted by molar-refractivity contribution is 5.90. The predicted molar refractivity (Wildman–Crippen MR) is 96.1 cm³/mol. The second-order valence-corrected chi connectivity index (χ2v) is 6.26. The van der Waals surface area contributed by atoms with Crippen LogP contribution in [-0.2, 0) is 16.8 Å². The number of amides is 3. The molecule has 3 amide bonds. The van der Waals surface area contributed by atoms with E-state index in [-0.39, 0.29) is 11.9 Å². The van der Waals surface area contributed by atoms with Gasteiger partial charge in [-0.05, 0) is 42.2 Å². The van der Waals surface area contributed by atoms with Gasteiger partial charge >= 0.3 is 6.03 Å². The van der Waals surface area contributed by atoms with E-state index in [1.165, 1.54) is 0 Å². The monoisotopic (exact) mass is 338 g/mol. The van der Waals surface area contributed by atoms with Gasteiger partial charge in [-0.1, -0.05) is 24.6 Å². The van der Waals surface area contributed by atoms with Gasteiger partial charge in [-0.3, -0.25) is 9.78 Å². The van der Waals surface area contributed by atoms with Gasteiger partial charge < -0.3 is 16.0 Å². The Bertz CT molecular complexity index is 740. The number of nitrogens with zero attached hydrogens (tertiary/aromatic N) is 1. The maximum absolute atomic E-state index is 12.8. The van der Waals surface area contributed by atoms with E-state index in [1.54, 1.807) is 19.4 Å². The lowest BCUT2D eigenvalue weighted by atomic mass is 9.63. The maximum atomic E-state index is 12.8. The number of hydrogen-bond acceptors (Lipinski definition) is 3. The molecule has 1 saturated carbocycles. The van der Waals surface area contributed by atoms with E-state index >= 15 is 0 Å². The second kappa shape index (κ2) is 7.34. The third-order valence-electron chi connectivity index (χ3n) is 4.74. The summed E-state index contributed by atoms with van der Waals surface area (Å²) in [6.45, 7) is 0.477. The Labute approximate surface area is 147 Å². The fraction of sp³-hybridized carbons (Fsp3) is 0.316. The van der Waals surface area contributed by atoms with Crippen LogP contribution in [0.15, 0.2) is 48.8 Å². The van der Waals surface area contributed by atoms with Crippen LogP contribution in [0.2, 0.25) is 0 Å². The Morgan fingerprint density at radius 1 is 1.16 bits per heavy atom. The molecule has 2 aromatic rings. The number of carbonyl (C=O) groups excluding carboxylic acids is 2. The van der Waals surface area contributed by atoms with Crippen molar-refractivity contribution in [2.45, 2.75) is 31.2 Å². The fourth-order valence-electron chi connectivity index (χ4n) is 3.10. The van der Waals surface area contributed by atoms with Gasteiger partial charge in [-0.15, -0.1) is 0 Å². The van der Waals surface area contributed by atoms with E-state index in [1.807, 2.05) is 36.4 Å². The van der Waals surface area contributed by atoms with Crippen LogP contribution < -0.4 is 16.0 Å². The number of hydrogen-bond donors (Lipinski definition) is 3. The number of rotatable bonds is 5. The molecule has 1 fully saturated rings. The van der Waals surface area contributed by atoms with Crippen molar-refractivity contribution >= 4 is 17.6 Å². The van der Waals surface area contributed by atoms with Crippen molar-refractivity contribution in [2.24, 2.45) is 0 Å². The van der Waals surface area contributed by atoms with Crippen LogP contribution in [0.3, 0.4) is 0 Å². The average molecular weight is 338 g/mol. The van der Waals surface area contributed by atoms with E-state index in [9.17, 15) is 9.59 Å². The zero-order valence-electron chi connectivity index (χ0n) is 14.2. The molecule has 1 aromatic heterocycles. The van der Waals surface area contributed by atoms with Crippen LogP contribution in [0.5, 0.6) is 0 Å². The fourth-order valence-corrected chi connectivity index (χ4v) is 3.10. The summed E-state index contributed by atoms with van der Waals surface area (Å²) in [6, 6.07) is 11.1. The lowest BCUT2D eigenvalue weighted by Crippen LogP contribution is -2.49. The summed E-state index contributed by atoms with van der Waals surface area (Å²) in [4.78, 5) is 28.3. The van der Waals surface area contributed by atoms with Crippen molar-refractivity contribution in [1.29, 1.82) is 0 Å². The van der Waals surface area contributed by atoms with Gasteiger partial charge in [-0.2, -0.15) is 0 Å². The summed E-state index contributed by atoms with van der Waals surface area (Å²) < 4.78 is 0. The predicted octanol–water partition coefficient (Wildman–Crippen LogP) is 2.57. The van der Waals surface area contributed by atoms with Crippen molar-refractivity contribution in [3.63, 3.8) is 0 Å². The first-order valence-corrected chi connectivity index (χ1v) is 8.40. The van der Waals surface area contributed by atoms with Crippen molar-refractivity contribution in [3.8, 4) is 0 Å². The Hall–Kier alpha value is -2.89. The van der Waals surface area contributed by atoms with Gasteiger partial charge in [0.1, 0.15) is 0 Å². The van der Waals surface area contributed by atoms with Crippen molar-refractivity contribution in [1.82, 2.24) is 15.6 Å². The number of benzene rings is 1. The average Bonchev–Trinajstić information content (AvgIpc) is 2.61. The molecule has 1 heterocycles. The molecular weight excluding hydrogens is 316 g/mol. The first kappa shape index (κ1) is 17.0. The SMILES string of the molecule is CNC(=O)Nc1ccc(C2(C(=O)NCc3cccnc3)CCC2)cc1. The maximum Gasteiger partial charge on any atom is 0.318 e. The molecule has 130 valence electrons. The summed E-state index contributed by atoms with van der Waals surface area (Å²) in [5, 5.41) is 8.27. The van der Waals surface area contributed by atoms with E-state index < -0.39 is 5.41 Å². The van der Waals surface area contributed by atoms with Gasteiger partial charge in [0.05, 0.1) is 5.41 Å². The number of anilines is 1. The van der Waals surface area contributed by atoms with Crippen LogP contribution in [0.4, 0.5) is 10.5 Å². The van der Waals surface area contributed by atoms with Crippen LogP contribution in [0.1, 0.15) is 30.4 Å². The Balaban J connectivity index is 1.69. The molecule has 1 aromatic carbocycles. The third-order valence-corrected chi connectivity index (χ3v) is 4.74. The Morgan fingerprint density at radius 3 is 2.48 bits per heavy atom. The zero-order valence-corrected chi connectivity index (χ0v) is 14.2. The van der Waals surface area contributed by atoms with Gasteiger partial charge in [-0.25, -0.2) is 4.79 Å². The summed E-state index contributed by atoms with van der Waals surface area (Å²) in [7, 11) is 1.57. The number of carbonyl (C=O) groups is 2. The first-order valence-electron chi connectivity index (χ1n) is 8.40. The largest absolute Gasteiger partial charge is 0.351 e. The molecule has 25 heavy (non-hydrogen) atoms. The molecular formula is C19H22N4O2. The van der Waals surface area contributed by atoms with Crippen LogP contribution >= 0.6 is 0 Å². The molecule has 0 atom stereocenters. The second-order valence-electron chi connectivity index (χ2n) is 6.26. The number of pyridine rings is 1. The molecule has 6 heteroatoms. The van der Waals surface area contributed by atoms with Gasteiger partial charge in [0.2, 0.25) is 5.91 Å². The smallest absolute Gasteiger partial charge is 0.318 e. The number of aromatic nitrogens is 1. The quantitative estimate of drug-likeness (QED) is 0.783. The lowest BCUT2D eigenvalue weighted by Gasteiger charge is -2.40. The highest BCUT2D eigenvalue weighted by Crippen LogP contribution is 2.44. The molecule has 0 saturated heterocycles. The van der Waals surface area contributed by atoms with Crippen molar-refractivity contribution in [2.75, 3.05) is 12.4 Å². The Morgan fingerprint density at radius 2 is 1.92 bits per heavy atom. The minimum absolute atomic E-state index is 0.0506. The highest BCUT2D eigenvalue weighted by atomic mass is 16.2. The van der Waals surface area contributed by atoms with Crippen LogP contribution in [0.25, 0.3) is 0 Å². The summed E-state index contributed by atoms with van der Waals surface area (Å²) in [6.07, 6.45) is 6.20. The molecule has 3 N–H and O–H groups in total. The van der Waals surface area contributed by atoms with Gasteiger partial charge in [0, 0.05) is 31.7 Å². The normalized spacial score (nSPS) is 14.9. The van der Waals surface area contributed by atoms with Crippen LogP contribution in [-0.4, -0.2) is 24.0 Å². The zero-order chi connectivity index (χ0) is 17.7. The molecule has 1 aliphatic rings. The minimum Gasteiger partial charge on any atom is -0.351 e. The molecule has 6 nitrogen and oxygen atoms in total. The molecule has 0 radical (unpaired) electrons. The van der Waals surface area contributed by atoms with Crippen molar-refractivity contribution < 1.29 is 9.59 Å². The Kier molecular flexibility index (Phi) is 4.97. The number of nitrogens with one attached hydrogen (secondary N) is 3. The van der Waals surface area contributed by atoms with Gasteiger partial charge in [0.25, 0.3) is 0 Å². The standard InChI is InChI=1S/C19H22N4O2/c1-20-18(25)23-16-7-5-15(6-8-16)19(9-3-10-19)17(24)22-13-14-4-2-11-21-12-14/h2,4-8,11-12H,3,9-10,13H2,1H3,(H,22,24)(H2,20,23,25). The topological polar surface area (TPSA) is 83.1 Å². The molecule has 3 rings (SSSR count). The van der Waals surface area contributed by atoms with Crippen molar-refractivity contribution in [3.05, 3.63) is 59.9 Å². The van der Waals surface area contributed by atoms with E-state index in [0.29, 0.717) is 12.2 Å². The minimum atomic E-state index is -0.465. The first-order chi connectivity index (χ1) is 12.1. The molecule has 0 aliphatic heterocycles. The molecule has 0 bridgehead atoms. The van der Waals surface area contributed by atoms with E-state index in [0.717, 1.165) is 30.4 Å². The summed E-state index contributed by atoms with van der Waals surface area (Å²) >= 11 is 0. The highest BCUT2D eigenvalue weighted by Gasteiger charge is 2.45. The van der Waals surface area contributed by atoms with Crippen LogP contribution in [0, 0.1) is 0 Å². The molecule has 0 spiro atoms.